The summed E-state index contributed by atoms with van der Waals surface area (Å²) in [6, 6.07) is 1.27. The van der Waals surface area contributed by atoms with Gasteiger partial charge < -0.3 is 10.1 Å². The van der Waals surface area contributed by atoms with Gasteiger partial charge >= 0.3 is 0 Å². The maximum Gasteiger partial charge on any atom is 0.0648 e. The Morgan fingerprint density at radius 2 is 2.25 bits per heavy atom. The largest absolute Gasteiger partial charge is 0.379 e. The number of rotatable bonds is 3. The predicted octanol–water partition coefficient (Wildman–Crippen LogP) is 1.63. The van der Waals surface area contributed by atoms with Crippen molar-refractivity contribution in [3.8, 4) is 0 Å². The van der Waals surface area contributed by atoms with Crippen molar-refractivity contribution in [2.45, 2.75) is 57.7 Å². The van der Waals surface area contributed by atoms with Gasteiger partial charge in [-0.3, -0.25) is 4.90 Å². The Bertz CT molecular complexity index is 224. The summed E-state index contributed by atoms with van der Waals surface area (Å²) in [5.74, 6) is 0. The van der Waals surface area contributed by atoms with Crippen molar-refractivity contribution in [1.29, 1.82) is 0 Å². The zero-order chi connectivity index (χ0) is 11.6. The molecule has 2 rings (SSSR count). The van der Waals surface area contributed by atoms with Crippen LogP contribution in [-0.2, 0) is 4.74 Å². The average molecular weight is 226 g/mol. The molecule has 2 aliphatic rings. The van der Waals surface area contributed by atoms with Crippen molar-refractivity contribution in [2.75, 3.05) is 26.3 Å². The molecule has 0 bridgehead atoms. The molecule has 0 radical (unpaired) electrons. The molecule has 0 saturated carbocycles. The van der Waals surface area contributed by atoms with Gasteiger partial charge in [0.1, 0.15) is 0 Å². The second-order valence-corrected chi connectivity index (χ2v) is 5.91. The van der Waals surface area contributed by atoms with Gasteiger partial charge in [-0.1, -0.05) is 13.8 Å². The van der Waals surface area contributed by atoms with Crippen LogP contribution in [0.5, 0.6) is 0 Å². The number of hydrogen-bond donors (Lipinski definition) is 1. The van der Waals surface area contributed by atoms with Gasteiger partial charge in [-0.2, -0.15) is 0 Å². The molecule has 94 valence electrons. The van der Waals surface area contributed by atoms with E-state index in [1.165, 1.54) is 32.4 Å². The van der Waals surface area contributed by atoms with Crippen LogP contribution >= 0.6 is 0 Å². The Kier molecular flexibility index (Phi) is 3.88. The Hall–Kier alpha value is -0.120. The minimum atomic E-state index is 0.303. The van der Waals surface area contributed by atoms with Crippen LogP contribution in [0.15, 0.2) is 0 Å². The monoisotopic (exact) mass is 226 g/mol. The molecule has 16 heavy (non-hydrogen) atoms. The molecular formula is C13H26N2O. The van der Waals surface area contributed by atoms with Crippen LogP contribution in [-0.4, -0.2) is 48.8 Å². The lowest BCUT2D eigenvalue weighted by atomic mass is 9.94. The Labute approximate surface area is 99.5 Å². The second kappa shape index (κ2) is 5.03. The van der Waals surface area contributed by atoms with E-state index in [0.29, 0.717) is 17.6 Å². The molecule has 2 atom stereocenters. The minimum Gasteiger partial charge on any atom is -0.379 e. The summed E-state index contributed by atoms with van der Waals surface area (Å²) in [5.41, 5.74) is 0.303. The van der Waals surface area contributed by atoms with Crippen molar-refractivity contribution < 1.29 is 4.74 Å². The summed E-state index contributed by atoms with van der Waals surface area (Å²) in [7, 11) is 0. The lowest BCUT2D eigenvalue weighted by Crippen LogP contribution is -2.56. The van der Waals surface area contributed by atoms with Crippen LogP contribution in [0.2, 0.25) is 0 Å². The molecule has 2 saturated heterocycles. The molecule has 2 unspecified atom stereocenters. The van der Waals surface area contributed by atoms with Crippen LogP contribution < -0.4 is 5.32 Å². The molecule has 1 N–H and O–H groups in total. The highest BCUT2D eigenvalue weighted by molar-refractivity contribution is 4.94. The highest BCUT2D eigenvalue weighted by atomic mass is 16.5. The number of hydrogen-bond acceptors (Lipinski definition) is 3. The molecule has 0 spiro atoms. The van der Waals surface area contributed by atoms with Crippen molar-refractivity contribution in [2.24, 2.45) is 0 Å². The van der Waals surface area contributed by atoms with E-state index in [1.807, 2.05) is 0 Å². The molecule has 0 aromatic carbocycles. The summed E-state index contributed by atoms with van der Waals surface area (Å²) in [6.45, 7) is 11.1. The van der Waals surface area contributed by atoms with Gasteiger partial charge in [0.15, 0.2) is 0 Å². The number of ether oxygens (including phenoxy) is 1. The van der Waals surface area contributed by atoms with E-state index in [2.05, 4.69) is 31.0 Å². The van der Waals surface area contributed by atoms with Crippen molar-refractivity contribution in [3.63, 3.8) is 0 Å². The van der Waals surface area contributed by atoms with Crippen LogP contribution in [0, 0.1) is 0 Å². The maximum absolute atomic E-state index is 5.57. The fourth-order valence-electron chi connectivity index (χ4n) is 2.98. The number of nitrogens with one attached hydrogen (secondary N) is 1. The Morgan fingerprint density at radius 3 is 2.88 bits per heavy atom. The molecule has 0 aromatic rings. The highest BCUT2D eigenvalue weighted by Gasteiger charge is 2.38. The third kappa shape index (κ3) is 2.76. The number of likely N-dealkylation sites (tertiary alicyclic amines) is 1. The molecule has 0 aromatic heterocycles. The zero-order valence-electron chi connectivity index (χ0n) is 11.0. The molecular weight excluding hydrogens is 200 g/mol. The summed E-state index contributed by atoms with van der Waals surface area (Å²) >= 11 is 0. The molecule has 3 nitrogen and oxygen atoms in total. The predicted molar refractivity (Wildman–Crippen MR) is 66.7 cm³/mol. The van der Waals surface area contributed by atoms with E-state index < -0.39 is 0 Å². The zero-order valence-corrected chi connectivity index (χ0v) is 11.0. The quantitative estimate of drug-likeness (QED) is 0.791. The third-order valence-electron chi connectivity index (χ3n) is 3.95. The molecule has 2 fully saturated rings. The van der Waals surface area contributed by atoms with Gasteiger partial charge in [0, 0.05) is 30.8 Å². The first-order chi connectivity index (χ1) is 7.60. The van der Waals surface area contributed by atoms with E-state index >= 15 is 0 Å². The van der Waals surface area contributed by atoms with E-state index in [4.69, 9.17) is 4.74 Å². The molecule has 2 aliphatic heterocycles. The summed E-state index contributed by atoms with van der Waals surface area (Å²) in [6.07, 6.45) is 3.84. The highest BCUT2D eigenvalue weighted by Crippen LogP contribution is 2.28. The maximum atomic E-state index is 5.57. The first-order valence-corrected chi connectivity index (χ1v) is 6.69. The summed E-state index contributed by atoms with van der Waals surface area (Å²) < 4.78 is 5.57. The normalized spacial score (nSPS) is 37.1. The Morgan fingerprint density at radius 1 is 1.44 bits per heavy atom. The average Bonchev–Trinajstić information content (AvgIpc) is 2.66. The minimum absolute atomic E-state index is 0.303. The molecule has 2 heterocycles. The number of nitrogens with zero attached hydrogens (tertiary/aromatic N) is 1. The van der Waals surface area contributed by atoms with Crippen molar-refractivity contribution in [3.05, 3.63) is 0 Å². The first-order valence-electron chi connectivity index (χ1n) is 6.69. The van der Waals surface area contributed by atoms with E-state index in [1.54, 1.807) is 0 Å². The smallest absolute Gasteiger partial charge is 0.0648 e. The SMILES string of the molecule is CC(C)NC1CCCN(C2(C)CCOC2)C1. The topological polar surface area (TPSA) is 24.5 Å². The van der Waals surface area contributed by atoms with E-state index in [-0.39, 0.29) is 0 Å². The molecule has 3 heteroatoms. The first kappa shape index (κ1) is 12.3. The lowest BCUT2D eigenvalue weighted by Gasteiger charge is -2.43. The van der Waals surface area contributed by atoms with Crippen LogP contribution in [0.1, 0.15) is 40.0 Å². The van der Waals surface area contributed by atoms with Crippen molar-refractivity contribution in [1.82, 2.24) is 10.2 Å². The van der Waals surface area contributed by atoms with Gasteiger partial charge in [-0.25, -0.2) is 0 Å². The van der Waals surface area contributed by atoms with Gasteiger partial charge in [-0.05, 0) is 32.7 Å². The number of piperidine rings is 1. The van der Waals surface area contributed by atoms with E-state index in [9.17, 15) is 0 Å². The van der Waals surface area contributed by atoms with Crippen molar-refractivity contribution >= 4 is 0 Å². The van der Waals surface area contributed by atoms with Crippen LogP contribution in [0.4, 0.5) is 0 Å². The van der Waals surface area contributed by atoms with Gasteiger partial charge in [-0.15, -0.1) is 0 Å². The Balaban J connectivity index is 1.90. The fourth-order valence-corrected chi connectivity index (χ4v) is 2.98. The van der Waals surface area contributed by atoms with Gasteiger partial charge in [0.2, 0.25) is 0 Å². The molecule has 0 amide bonds. The summed E-state index contributed by atoms with van der Waals surface area (Å²) in [4.78, 5) is 2.64. The van der Waals surface area contributed by atoms with Crippen LogP contribution in [0.25, 0.3) is 0 Å². The lowest BCUT2D eigenvalue weighted by molar-refractivity contribution is 0.0497. The fraction of sp³-hybridized carbons (Fsp3) is 1.00. The van der Waals surface area contributed by atoms with E-state index in [0.717, 1.165) is 13.2 Å². The molecule has 0 aliphatic carbocycles. The summed E-state index contributed by atoms with van der Waals surface area (Å²) in [5, 5.41) is 3.67. The van der Waals surface area contributed by atoms with Gasteiger partial charge in [0.05, 0.1) is 6.61 Å². The standard InChI is InChI=1S/C13H26N2O/c1-11(2)14-12-5-4-7-15(9-12)13(3)6-8-16-10-13/h11-12,14H,4-10H2,1-3H3. The second-order valence-electron chi connectivity index (χ2n) is 5.91. The third-order valence-corrected chi connectivity index (χ3v) is 3.95. The van der Waals surface area contributed by atoms with Gasteiger partial charge in [0.25, 0.3) is 0 Å². The van der Waals surface area contributed by atoms with Crippen LogP contribution in [0.3, 0.4) is 0 Å².